The molecule has 0 saturated heterocycles. The number of hydrogen-bond donors (Lipinski definition) is 1. The summed E-state index contributed by atoms with van der Waals surface area (Å²) in [6, 6.07) is 6.10. The zero-order valence-electron chi connectivity index (χ0n) is 12.7. The van der Waals surface area contributed by atoms with Gasteiger partial charge in [0.15, 0.2) is 9.47 Å². The van der Waals surface area contributed by atoms with Crippen molar-refractivity contribution in [2.24, 2.45) is 0 Å². The molecule has 124 valence electrons. The Kier molecular flexibility index (Phi) is 5.54. The summed E-state index contributed by atoms with van der Waals surface area (Å²) in [5.41, 5.74) is 1.53. The molecule has 2 aromatic heterocycles. The molecule has 3 aromatic rings. The first-order valence-corrected chi connectivity index (χ1v) is 9.72. The Morgan fingerprint density at radius 3 is 2.79 bits per heavy atom. The number of anilines is 1. The summed E-state index contributed by atoms with van der Waals surface area (Å²) in [6.07, 6.45) is 0.370. The number of nitrogens with one attached hydrogen (secondary N) is 1. The van der Waals surface area contributed by atoms with Crippen molar-refractivity contribution in [1.82, 2.24) is 15.2 Å². The third-order valence-corrected chi connectivity index (χ3v) is 5.68. The fourth-order valence-electron chi connectivity index (χ4n) is 1.83. The first kappa shape index (κ1) is 17.0. The number of carbonyl (C=O) groups is 1. The molecule has 0 saturated carbocycles. The van der Waals surface area contributed by atoms with E-state index in [1.54, 1.807) is 12.1 Å². The van der Waals surface area contributed by atoms with Crippen molar-refractivity contribution >= 4 is 45.5 Å². The first-order valence-electron chi connectivity index (χ1n) is 7.04. The van der Waals surface area contributed by atoms with Crippen LogP contribution in [-0.4, -0.2) is 26.8 Å². The Bertz CT molecular complexity index is 831. The van der Waals surface area contributed by atoms with Crippen molar-refractivity contribution in [1.29, 1.82) is 0 Å². The zero-order chi connectivity index (χ0) is 16.9. The van der Waals surface area contributed by atoms with Crippen LogP contribution in [0.4, 0.5) is 9.52 Å². The molecule has 2 heterocycles. The predicted octanol–water partition coefficient (Wildman–Crippen LogP) is 4.23. The van der Waals surface area contributed by atoms with Gasteiger partial charge in [-0.3, -0.25) is 4.79 Å². The summed E-state index contributed by atoms with van der Waals surface area (Å²) in [7, 11) is 0. The van der Waals surface area contributed by atoms with E-state index >= 15 is 0 Å². The van der Waals surface area contributed by atoms with Crippen LogP contribution in [0.1, 0.15) is 11.4 Å². The number of aromatic nitrogens is 3. The number of rotatable bonds is 6. The monoisotopic (exact) mass is 380 g/mol. The maximum Gasteiger partial charge on any atom is 0.226 e. The number of aryl methyl sites for hydroxylation is 1. The minimum atomic E-state index is -0.286. The Morgan fingerprint density at radius 1 is 1.29 bits per heavy atom. The lowest BCUT2D eigenvalue weighted by Crippen LogP contribution is -2.11. The number of thiazole rings is 1. The lowest BCUT2D eigenvalue weighted by atomic mass is 10.2. The van der Waals surface area contributed by atoms with E-state index < -0.39 is 0 Å². The van der Waals surface area contributed by atoms with Crippen molar-refractivity contribution in [2.45, 2.75) is 17.7 Å². The van der Waals surface area contributed by atoms with Crippen LogP contribution >= 0.6 is 34.4 Å². The Labute approximate surface area is 150 Å². The average molecular weight is 380 g/mol. The molecule has 0 aliphatic rings. The molecule has 0 radical (unpaired) electrons. The molecule has 1 amide bonds. The molecule has 5 nitrogen and oxygen atoms in total. The van der Waals surface area contributed by atoms with Gasteiger partial charge in [0, 0.05) is 23.1 Å². The number of hydrogen-bond acceptors (Lipinski definition) is 7. The largest absolute Gasteiger partial charge is 0.302 e. The van der Waals surface area contributed by atoms with E-state index in [1.165, 1.54) is 46.6 Å². The third kappa shape index (κ3) is 4.59. The predicted molar refractivity (Wildman–Crippen MR) is 96.1 cm³/mol. The van der Waals surface area contributed by atoms with Crippen LogP contribution < -0.4 is 5.32 Å². The Balaban J connectivity index is 1.50. The minimum absolute atomic E-state index is 0.0938. The molecule has 0 spiro atoms. The lowest BCUT2D eigenvalue weighted by molar-refractivity contribution is -0.115. The summed E-state index contributed by atoms with van der Waals surface area (Å²) < 4.78 is 13.8. The molecule has 3 rings (SSSR count). The van der Waals surface area contributed by atoms with Crippen molar-refractivity contribution in [3.63, 3.8) is 0 Å². The number of halogens is 1. The molecule has 0 atom stereocenters. The molecule has 1 aromatic carbocycles. The van der Waals surface area contributed by atoms with Crippen LogP contribution in [-0.2, 0) is 4.79 Å². The van der Waals surface area contributed by atoms with Gasteiger partial charge in [0.25, 0.3) is 0 Å². The van der Waals surface area contributed by atoms with E-state index in [1.807, 2.05) is 12.3 Å². The van der Waals surface area contributed by atoms with E-state index in [2.05, 4.69) is 20.5 Å². The highest BCUT2D eigenvalue weighted by Gasteiger charge is 2.09. The number of carbonyl (C=O) groups excluding carboxylic acids is 1. The summed E-state index contributed by atoms with van der Waals surface area (Å²) in [5, 5.41) is 14.0. The van der Waals surface area contributed by atoms with Gasteiger partial charge in [0.2, 0.25) is 5.91 Å². The van der Waals surface area contributed by atoms with Crippen molar-refractivity contribution in [2.75, 3.05) is 11.1 Å². The molecule has 0 unspecified atom stereocenters. The van der Waals surface area contributed by atoms with Gasteiger partial charge in [-0.25, -0.2) is 9.37 Å². The summed E-state index contributed by atoms with van der Waals surface area (Å²) in [5.74, 6) is 0.255. The van der Waals surface area contributed by atoms with Crippen LogP contribution in [0.5, 0.6) is 0 Å². The molecule has 0 aliphatic carbocycles. The molecule has 0 aliphatic heterocycles. The van der Waals surface area contributed by atoms with Gasteiger partial charge in [-0.1, -0.05) is 23.1 Å². The smallest absolute Gasteiger partial charge is 0.226 e. The molecule has 0 bridgehead atoms. The van der Waals surface area contributed by atoms with Gasteiger partial charge >= 0.3 is 0 Å². The normalized spacial score (nSPS) is 10.8. The summed E-state index contributed by atoms with van der Waals surface area (Å²) in [4.78, 5) is 16.3. The van der Waals surface area contributed by atoms with Crippen molar-refractivity contribution in [3.05, 3.63) is 40.5 Å². The van der Waals surface area contributed by atoms with E-state index in [9.17, 15) is 9.18 Å². The van der Waals surface area contributed by atoms with Gasteiger partial charge in [-0.05, 0) is 31.2 Å². The zero-order valence-corrected chi connectivity index (χ0v) is 15.1. The number of thioether (sulfide) groups is 1. The van der Waals surface area contributed by atoms with Crippen LogP contribution in [0.3, 0.4) is 0 Å². The summed E-state index contributed by atoms with van der Waals surface area (Å²) >= 11 is 4.38. The van der Waals surface area contributed by atoms with E-state index in [0.717, 1.165) is 14.9 Å². The molecule has 9 heteroatoms. The standard InChI is InChI=1S/C15H13FN4OS3/c1-9-19-20-15(24-9)22-7-6-13(21)18-14-17-12(8-23-14)10-2-4-11(16)5-3-10/h2-5,8H,6-7H2,1H3,(H,17,18,21). The fraction of sp³-hybridized carbons (Fsp3) is 0.200. The Hall–Kier alpha value is -1.84. The Morgan fingerprint density at radius 2 is 2.08 bits per heavy atom. The number of amides is 1. The minimum Gasteiger partial charge on any atom is -0.302 e. The summed E-state index contributed by atoms with van der Waals surface area (Å²) in [6.45, 7) is 1.90. The van der Waals surface area contributed by atoms with Crippen LogP contribution in [0, 0.1) is 12.7 Å². The van der Waals surface area contributed by atoms with Crippen LogP contribution in [0.25, 0.3) is 11.3 Å². The molecule has 24 heavy (non-hydrogen) atoms. The van der Waals surface area contributed by atoms with Gasteiger partial charge in [-0.15, -0.1) is 21.5 Å². The van der Waals surface area contributed by atoms with Gasteiger partial charge < -0.3 is 5.32 Å². The number of benzene rings is 1. The highest BCUT2D eigenvalue weighted by atomic mass is 32.2. The highest BCUT2D eigenvalue weighted by molar-refractivity contribution is 8.01. The second-order valence-corrected chi connectivity index (χ2v) is 8.16. The van der Waals surface area contributed by atoms with Crippen molar-refractivity contribution in [3.8, 4) is 11.3 Å². The van der Waals surface area contributed by atoms with E-state index in [-0.39, 0.29) is 11.7 Å². The highest BCUT2D eigenvalue weighted by Crippen LogP contribution is 2.26. The van der Waals surface area contributed by atoms with E-state index in [4.69, 9.17) is 0 Å². The maximum absolute atomic E-state index is 12.9. The van der Waals surface area contributed by atoms with Gasteiger partial charge in [0.1, 0.15) is 10.8 Å². The lowest BCUT2D eigenvalue weighted by Gasteiger charge is -2.00. The second kappa shape index (κ2) is 7.82. The maximum atomic E-state index is 12.9. The first-order chi connectivity index (χ1) is 11.6. The molecule has 0 fully saturated rings. The van der Waals surface area contributed by atoms with Gasteiger partial charge in [-0.2, -0.15) is 0 Å². The van der Waals surface area contributed by atoms with Crippen molar-refractivity contribution < 1.29 is 9.18 Å². The third-order valence-electron chi connectivity index (χ3n) is 2.95. The van der Waals surface area contributed by atoms with Gasteiger partial charge in [0.05, 0.1) is 5.69 Å². The quantitative estimate of drug-likeness (QED) is 0.648. The SMILES string of the molecule is Cc1nnc(SCCC(=O)Nc2nc(-c3ccc(F)cc3)cs2)s1. The fourth-order valence-corrected chi connectivity index (χ4v) is 4.39. The molecule has 1 N–H and O–H groups in total. The molecular formula is C15H13FN4OS3. The average Bonchev–Trinajstić information content (AvgIpc) is 3.17. The topological polar surface area (TPSA) is 67.8 Å². The molecular weight excluding hydrogens is 367 g/mol. The second-order valence-electron chi connectivity index (χ2n) is 4.78. The number of nitrogens with zero attached hydrogens (tertiary/aromatic N) is 3. The van der Waals surface area contributed by atoms with E-state index in [0.29, 0.717) is 23.0 Å². The van der Waals surface area contributed by atoms with Crippen LogP contribution in [0.15, 0.2) is 34.0 Å². The van der Waals surface area contributed by atoms with Crippen LogP contribution in [0.2, 0.25) is 0 Å².